The molecule has 19 heavy (non-hydrogen) atoms. The Kier molecular flexibility index (Phi) is 4.47. The minimum atomic E-state index is -0.541. The van der Waals surface area contributed by atoms with Crippen molar-refractivity contribution in [2.24, 2.45) is 4.99 Å². The van der Waals surface area contributed by atoms with E-state index in [1.165, 1.54) is 6.92 Å². The summed E-state index contributed by atoms with van der Waals surface area (Å²) in [6.45, 7) is 1.95. The van der Waals surface area contributed by atoms with Gasteiger partial charge in [-0.3, -0.25) is 14.6 Å². The number of ketones is 1. The Morgan fingerprint density at radius 2 is 2.05 bits per heavy atom. The Bertz CT molecular complexity index is 511. The van der Waals surface area contributed by atoms with Crippen molar-refractivity contribution in [3.05, 3.63) is 35.9 Å². The smallest absolute Gasteiger partial charge is 0.326 e. The Hall–Kier alpha value is -1.49. The summed E-state index contributed by atoms with van der Waals surface area (Å²) in [5.74, 6) is -0.398. The topological polar surface area (TPSA) is 55.7 Å². The van der Waals surface area contributed by atoms with E-state index in [9.17, 15) is 9.59 Å². The fourth-order valence-electron chi connectivity index (χ4n) is 1.90. The van der Waals surface area contributed by atoms with Gasteiger partial charge in [0.05, 0.1) is 12.3 Å². The first-order valence-electron chi connectivity index (χ1n) is 6.00. The van der Waals surface area contributed by atoms with Gasteiger partial charge < -0.3 is 4.74 Å². The number of rotatable bonds is 4. The number of carbonyl (C=O) groups excluding carboxylic acids is 2. The Morgan fingerprint density at radius 3 is 2.68 bits per heavy atom. The number of esters is 1. The highest BCUT2D eigenvalue weighted by Gasteiger charge is 2.39. The van der Waals surface area contributed by atoms with Crippen molar-refractivity contribution in [1.29, 1.82) is 0 Å². The van der Waals surface area contributed by atoms with Crippen molar-refractivity contribution < 1.29 is 14.3 Å². The van der Waals surface area contributed by atoms with E-state index in [0.29, 0.717) is 12.3 Å². The summed E-state index contributed by atoms with van der Waals surface area (Å²) >= 11 is 3.26. The molecule has 1 aromatic rings. The lowest BCUT2D eigenvalue weighted by Gasteiger charge is -2.08. The van der Waals surface area contributed by atoms with E-state index in [2.05, 4.69) is 20.9 Å². The summed E-state index contributed by atoms with van der Waals surface area (Å²) < 4.78 is 5.15. The van der Waals surface area contributed by atoms with Gasteiger partial charge in [-0.2, -0.15) is 0 Å². The zero-order valence-electron chi connectivity index (χ0n) is 10.5. The van der Waals surface area contributed by atoms with E-state index in [4.69, 9.17) is 4.74 Å². The van der Waals surface area contributed by atoms with E-state index in [0.717, 1.165) is 5.56 Å². The highest BCUT2D eigenvalue weighted by atomic mass is 79.9. The Morgan fingerprint density at radius 1 is 1.37 bits per heavy atom. The number of alkyl halides is 1. The largest absolute Gasteiger partial charge is 0.455 e. The molecule has 1 heterocycles. The van der Waals surface area contributed by atoms with Gasteiger partial charge in [0, 0.05) is 6.42 Å². The number of ether oxygens (including phenoxy) is 1. The first-order valence-corrected chi connectivity index (χ1v) is 6.91. The van der Waals surface area contributed by atoms with Gasteiger partial charge in [0.25, 0.3) is 0 Å². The van der Waals surface area contributed by atoms with Crippen LogP contribution in [0, 0.1) is 0 Å². The zero-order valence-corrected chi connectivity index (χ0v) is 12.1. The van der Waals surface area contributed by atoms with E-state index < -0.39 is 10.9 Å². The van der Waals surface area contributed by atoms with Gasteiger partial charge in [0.1, 0.15) is 11.9 Å². The molecule has 1 aliphatic rings. The lowest BCUT2D eigenvalue weighted by molar-refractivity contribution is -0.141. The Balaban J connectivity index is 2.14. The van der Waals surface area contributed by atoms with Crippen molar-refractivity contribution in [3.63, 3.8) is 0 Å². The van der Waals surface area contributed by atoms with E-state index >= 15 is 0 Å². The number of nitrogens with zero attached hydrogens (tertiary/aromatic N) is 1. The second-order valence-corrected chi connectivity index (χ2v) is 5.34. The number of benzene rings is 1. The number of hydrogen-bond donors (Lipinski definition) is 0. The van der Waals surface area contributed by atoms with E-state index in [-0.39, 0.29) is 18.2 Å². The van der Waals surface area contributed by atoms with Crippen molar-refractivity contribution in [2.45, 2.75) is 30.8 Å². The summed E-state index contributed by atoms with van der Waals surface area (Å²) in [4.78, 5) is 26.6. The molecule has 1 aromatic carbocycles. The quantitative estimate of drug-likeness (QED) is 0.631. The van der Waals surface area contributed by atoms with Gasteiger partial charge >= 0.3 is 5.97 Å². The highest BCUT2D eigenvalue weighted by Crippen LogP contribution is 2.22. The number of aliphatic imine (C=N–C) groups is 1. The maximum absolute atomic E-state index is 11.5. The number of Topliss-reactive ketones (excluding diaryl/α,β-unsaturated/α-hetero) is 1. The molecule has 0 radical (unpaired) electrons. The SMILES string of the molecule is CC(=O)C[C@H]1OC(=O)C(Br)C1=NCc1ccccc1. The van der Waals surface area contributed by atoms with Crippen LogP contribution in [0.3, 0.4) is 0 Å². The van der Waals surface area contributed by atoms with Crippen LogP contribution in [0.1, 0.15) is 18.9 Å². The molecule has 100 valence electrons. The Labute approximate surface area is 120 Å². The third kappa shape index (κ3) is 3.50. The number of carbonyl (C=O) groups is 2. The van der Waals surface area contributed by atoms with Gasteiger partial charge in [-0.25, -0.2) is 0 Å². The molecule has 1 saturated heterocycles. The second kappa shape index (κ2) is 6.10. The van der Waals surface area contributed by atoms with Gasteiger partial charge in [0.2, 0.25) is 0 Å². The van der Waals surface area contributed by atoms with Crippen LogP contribution in [-0.2, 0) is 20.9 Å². The first-order chi connectivity index (χ1) is 9.08. The lowest BCUT2D eigenvalue weighted by Crippen LogP contribution is -2.23. The third-order valence-electron chi connectivity index (χ3n) is 2.81. The molecular weight excluding hydrogens is 310 g/mol. The van der Waals surface area contributed by atoms with Crippen molar-refractivity contribution in [1.82, 2.24) is 0 Å². The molecule has 0 bridgehead atoms. The van der Waals surface area contributed by atoms with Crippen molar-refractivity contribution >= 4 is 33.4 Å². The maximum Gasteiger partial charge on any atom is 0.326 e. The summed E-state index contributed by atoms with van der Waals surface area (Å²) in [6, 6.07) is 9.73. The maximum atomic E-state index is 11.5. The molecule has 1 unspecified atom stereocenters. The van der Waals surface area contributed by atoms with Gasteiger partial charge in [-0.1, -0.05) is 46.3 Å². The average Bonchev–Trinajstić information content (AvgIpc) is 2.63. The molecule has 0 aromatic heterocycles. The fourth-order valence-corrected chi connectivity index (χ4v) is 2.45. The molecule has 0 aliphatic carbocycles. The lowest BCUT2D eigenvalue weighted by atomic mass is 10.1. The van der Waals surface area contributed by atoms with Crippen molar-refractivity contribution in [2.75, 3.05) is 0 Å². The molecule has 0 amide bonds. The average molecular weight is 324 g/mol. The van der Waals surface area contributed by atoms with Crippen LogP contribution in [0.25, 0.3) is 0 Å². The molecule has 0 spiro atoms. The van der Waals surface area contributed by atoms with Crippen LogP contribution in [0.15, 0.2) is 35.3 Å². The van der Waals surface area contributed by atoms with Gasteiger partial charge in [-0.05, 0) is 12.5 Å². The number of halogens is 1. The van der Waals surface area contributed by atoms with E-state index in [1.807, 2.05) is 30.3 Å². The number of cyclic esters (lactones) is 1. The van der Waals surface area contributed by atoms with E-state index in [1.54, 1.807) is 0 Å². The molecule has 1 aliphatic heterocycles. The molecule has 0 saturated carbocycles. The van der Waals surface area contributed by atoms with Crippen LogP contribution in [-0.4, -0.2) is 28.4 Å². The monoisotopic (exact) mass is 323 g/mol. The predicted molar refractivity (Wildman–Crippen MR) is 75.5 cm³/mol. The minimum Gasteiger partial charge on any atom is -0.455 e. The summed E-state index contributed by atoms with van der Waals surface area (Å²) in [6.07, 6.45) is -0.348. The standard InChI is InChI=1S/C14H14BrNO3/c1-9(17)7-11-13(12(15)14(18)19-11)16-8-10-5-3-2-4-6-10/h2-6,11-12H,7-8H2,1H3/t11-,12?/m1/s1. The van der Waals surface area contributed by atoms with Crippen LogP contribution >= 0.6 is 15.9 Å². The first kappa shape index (κ1) is 13.9. The third-order valence-corrected chi connectivity index (χ3v) is 3.66. The normalized spacial score (nSPS) is 24.5. The summed E-state index contributed by atoms with van der Waals surface area (Å²) in [7, 11) is 0. The zero-order chi connectivity index (χ0) is 13.8. The van der Waals surface area contributed by atoms with Gasteiger partial charge in [0.15, 0.2) is 4.83 Å². The van der Waals surface area contributed by atoms with Crippen molar-refractivity contribution in [3.8, 4) is 0 Å². The van der Waals surface area contributed by atoms with Crippen LogP contribution in [0.4, 0.5) is 0 Å². The summed E-state index contributed by atoms with van der Waals surface area (Å²) in [5.41, 5.74) is 1.65. The number of hydrogen-bond acceptors (Lipinski definition) is 4. The van der Waals surface area contributed by atoms with Crippen LogP contribution < -0.4 is 0 Å². The highest BCUT2D eigenvalue weighted by molar-refractivity contribution is 9.10. The molecule has 4 nitrogen and oxygen atoms in total. The fraction of sp³-hybridized carbons (Fsp3) is 0.357. The molecule has 1 fully saturated rings. The molecule has 2 atom stereocenters. The van der Waals surface area contributed by atoms with Gasteiger partial charge in [-0.15, -0.1) is 0 Å². The van der Waals surface area contributed by atoms with Crippen LogP contribution in [0.5, 0.6) is 0 Å². The molecular formula is C14H14BrNO3. The molecule has 0 N–H and O–H groups in total. The van der Waals surface area contributed by atoms with Crippen LogP contribution in [0.2, 0.25) is 0 Å². The molecule has 2 rings (SSSR count). The molecule has 5 heteroatoms. The summed E-state index contributed by atoms with van der Waals surface area (Å²) in [5, 5.41) is 0. The minimum absolute atomic E-state index is 0.0215. The second-order valence-electron chi connectivity index (χ2n) is 4.42. The predicted octanol–water partition coefficient (Wildman–Crippen LogP) is 2.30.